The average Bonchev–Trinajstić information content (AvgIpc) is 3.45. The molecule has 0 radical (unpaired) electrons. The molecule has 0 unspecified atom stereocenters. The third-order valence-corrected chi connectivity index (χ3v) is 9.91. The summed E-state index contributed by atoms with van der Waals surface area (Å²) in [6, 6.07) is 9.10. The number of benzene rings is 1. The van der Waals surface area contributed by atoms with Crippen LogP contribution in [-0.4, -0.2) is 51.4 Å². The van der Waals surface area contributed by atoms with Gasteiger partial charge in [0.15, 0.2) is 15.0 Å². The molecule has 0 saturated carbocycles. The number of thiazole rings is 1. The van der Waals surface area contributed by atoms with Gasteiger partial charge in [-0.25, -0.2) is 21.8 Å². The number of hydrogen-bond donors (Lipinski definition) is 1. The van der Waals surface area contributed by atoms with Crippen LogP contribution in [0.25, 0.3) is 10.6 Å². The first-order chi connectivity index (χ1) is 15.1. The zero-order valence-electron chi connectivity index (χ0n) is 17.1. The number of rotatable bonds is 6. The van der Waals surface area contributed by atoms with Crippen LogP contribution in [0, 0.1) is 5.92 Å². The number of nitrogens with zero attached hydrogens (tertiary/aromatic N) is 2. The largest absolute Gasteiger partial charge is 0.302 e. The molecular formula is C20H21N3O5S4. The fourth-order valence-corrected chi connectivity index (χ4v) is 7.02. The summed E-state index contributed by atoms with van der Waals surface area (Å²) in [6.45, 7) is 0.430. The Morgan fingerprint density at radius 2 is 1.69 bits per heavy atom. The zero-order valence-corrected chi connectivity index (χ0v) is 20.4. The number of thiophene rings is 1. The van der Waals surface area contributed by atoms with Crippen LogP contribution in [-0.2, 0) is 24.7 Å². The molecule has 4 rings (SSSR count). The molecule has 0 spiro atoms. The van der Waals surface area contributed by atoms with Gasteiger partial charge in [0.05, 0.1) is 20.4 Å². The van der Waals surface area contributed by atoms with Gasteiger partial charge in [-0.05, 0) is 48.6 Å². The highest BCUT2D eigenvalue weighted by atomic mass is 32.2. The Morgan fingerprint density at radius 3 is 2.28 bits per heavy atom. The highest BCUT2D eigenvalue weighted by Gasteiger charge is 2.32. The van der Waals surface area contributed by atoms with Crippen LogP contribution in [0.1, 0.15) is 12.8 Å². The predicted octanol–water partition coefficient (Wildman–Crippen LogP) is 3.31. The van der Waals surface area contributed by atoms with Crippen molar-refractivity contribution in [2.75, 3.05) is 24.7 Å². The molecule has 0 atom stereocenters. The number of anilines is 1. The third kappa shape index (κ3) is 4.94. The molecular weight excluding hydrogens is 491 g/mol. The minimum absolute atomic E-state index is 0.0386. The van der Waals surface area contributed by atoms with Crippen molar-refractivity contribution < 1.29 is 21.6 Å². The molecule has 1 N–H and O–H groups in total. The normalized spacial score (nSPS) is 16.2. The highest BCUT2D eigenvalue weighted by Crippen LogP contribution is 2.30. The Kier molecular flexibility index (Phi) is 6.50. The average molecular weight is 512 g/mol. The number of amides is 1. The number of aromatic nitrogens is 1. The molecule has 3 heterocycles. The molecule has 1 saturated heterocycles. The van der Waals surface area contributed by atoms with Crippen molar-refractivity contribution in [3.05, 3.63) is 47.2 Å². The van der Waals surface area contributed by atoms with Gasteiger partial charge in [-0.1, -0.05) is 6.07 Å². The van der Waals surface area contributed by atoms with Gasteiger partial charge in [-0.3, -0.25) is 4.79 Å². The van der Waals surface area contributed by atoms with Crippen LogP contribution < -0.4 is 5.32 Å². The molecule has 12 heteroatoms. The number of nitrogens with one attached hydrogen (secondary N) is 1. The number of sulfonamides is 1. The summed E-state index contributed by atoms with van der Waals surface area (Å²) in [5.41, 5.74) is 0.822. The Bertz CT molecular complexity index is 1310. The molecule has 1 aliphatic heterocycles. The summed E-state index contributed by atoms with van der Waals surface area (Å²) in [4.78, 5) is 18.2. The fraction of sp³-hybridized carbons (Fsp3) is 0.300. The first kappa shape index (κ1) is 23.1. The third-order valence-electron chi connectivity index (χ3n) is 5.22. The quantitative estimate of drug-likeness (QED) is 0.543. The lowest BCUT2D eigenvalue weighted by atomic mass is 9.97. The monoisotopic (exact) mass is 511 g/mol. The van der Waals surface area contributed by atoms with Crippen LogP contribution in [0.3, 0.4) is 0 Å². The lowest BCUT2D eigenvalue weighted by Gasteiger charge is -2.30. The molecule has 1 amide bonds. The lowest BCUT2D eigenvalue weighted by Crippen LogP contribution is -2.41. The zero-order chi connectivity index (χ0) is 22.9. The van der Waals surface area contributed by atoms with E-state index in [-0.39, 0.29) is 34.7 Å². The fourth-order valence-electron chi connectivity index (χ4n) is 3.44. The molecule has 8 nitrogen and oxygen atoms in total. The Morgan fingerprint density at radius 1 is 1.03 bits per heavy atom. The van der Waals surface area contributed by atoms with E-state index in [2.05, 4.69) is 10.3 Å². The molecule has 1 aromatic carbocycles. The molecule has 0 bridgehead atoms. The van der Waals surface area contributed by atoms with Gasteiger partial charge in [0.1, 0.15) is 0 Å². The Hall–Kier alpha value is -2.12. The van der Waals surface area contributed by atoms with Gasteiger partial charge >= 0.3 is 0 Å². The Labute approximate surface area is 194 Å². The van der Waals surface area contributed by atoms with Gasteiger partial charge in [0, 0.05) is 30.6 Å². The smallest absolute Gasteiger partial charge is 0.243 e. The lowest BCUT2D eigenvalue weighted by molar-refractivity contribution is -0.120. The summed E-state index contributed by atoms with van der Waals surface area (Å²) in [5, 5.41) is 7.24. The first-order valence-corrected chi connectivity index (χ1v) is 14.8. The van der Waals surface area contributed by atoms with E-state index in [1.807, 2.05) is 22.9 Å². The summed E-state index contributed by atoms with van der Waals surface area (Å²) in [5.74, 6) is -0.463. The van der Waals surface area contributed by atoms with E-state index < -0.39 is 19.9 Å². The number of carbonyl (C=O) groups is 1. The second-order valence-corrected chi connectivity index (χ2v) is 13.2. The summed E-state index contributed by atoms with van der Waals surface area (Å²) < 4.78 is 50.3. The molecule has 1 aliphatic rings. The van der Waals surface area contributed by atoms with Crippen molar-refractivity contribution in [1.29, 1.82) is 0 Å². The molecule has 1 fully saturated rings. The second-order valence-electron chi connectivity index (χ2n) is 7.43. The van der Waals surface area contributed by atoms with E-state index >= 15 is 0 Å². The van der Waals surface area contributed by atoms with E-state index in [0.29, 0.717) is 18.0 Å². The van der Waals surface area contributed by atoms with Crippen LogP contribution >= 0.6 is 22.7 Å². The number of piperidine rings is 1. The number of carbonyl (C=O) groups excluding carboxylic acids is 1. The minimum atomic E-state index is -3.76. The van der Waals surface area contributed by atoms with Crippen molar-refractivity contribution in [2.24, 2.45) is 5.92 Å². The minimum Gasteiger partial charge on any atom is -0.302 e. The maximum atomic E-state index is 12.9. The van der Waals surface area contributed by atoms with Crippen molar-refractivity contribution in [3.8, 4) is 10.6 Å². The standard InChI is InChI=1S/C20H21N3O5S4/c1-31(25,26)15-4-6-16(7-5-15)32(27,28)23-10-8-14(9-11-23)19(24)22-20-21-17(13-30-20)18-3-2-12-29-18/h2-7,12-14H,8-11H2,1H3,(H,21,22,24). The summed E-state index contributed by atoms with van der Waals surface area (Å²) >= 11 is 2.94. The maximum Gasteiger partial charge on any atom is 0.243 e. The van der Waals surface area contributed by atoms with Gasteiger partial charge in [0.25, 0.3) is 0 Å². The van der Waals surface area contributed by atoms with E-state index in [1.165, 1.54) is 39.9 Å². The SMILES string of the molecule is CS(=O)(=O)c1ccc(S(=O)(=O)N2CCC(C(=O)Nc3nc(-c4cccs4)cs3)CC2)cc1. The van der Waals surface area contributed by atoms with Gasteiger partial charge < -0.3 is 5.32 Å². The molecule has 3 aromatic rings. The van der Waals surface area contributed by atoms with Crippen molar-refractivity contribution in [3.63, 3.8) is 0 Å². The molecule has 170 valence electrons. The van der Waals surface area contributed by atoms with E-state index in [4.69, 9.17) is 0 Å². The van der Waals surface area contributed by atoms with Crippen molar-refractivity contribution in [2.45, 2.75) is 22.6 Å². The van der Waals surface area contributed by atoms with Crippen molar-refractivity contribution in [1.82, 2.24) is 9.29 Å². The highest BCUT2D eigenvalue weighted by molar-refractivity contribution is 7.90. The van der Waals surface area contributed by atoms with Crippen LogP contribution in [0.4, 0.5) is 5.13 Å². The molecule has 0 aliphatic carbocycles. The second kappa shape index (κ2) is 9.02. The molecule has 32 heavy (non-hydrogen) atoms. The van der Waals surface area contributed by atoms with E-state index in [1.54, 1.807) is 11.3 Å². The number of hydrogen-bond acceptors (Lipinski definition) is 8. The van der Waals surface area contributed by atoms with Crippen molar-refractivity contribution >= 4 is 53.6 Å². The predicted molar refractivity (Wildman–Crippen MR) is 125 cm³/mol. The number of sulfone groups is 1. The van der Waals surface area contributed by atoms with Crippen LogP contribution in [0.2, 0.25) is 0 Å². The van der Waals surface area contributed by atoms with Crippen LogP contribution in [0.15, 0.2) is 56.9 Å². The van der Waals surface area contributed by atoms with E-state index in [9.17, 15) is 21.6 Å². The molecule has 2 aromatic heterocycles. The van der Waals surface area contributed by atoms with Crippen LogP contribution in [0.5, 0.6) is 0 Å². The topological polar surface area (TPSA) is 114 Å². The maximum absolute atomic E-state index is 12.9. The van der Waals surface area contributed by atoms with Gasteiger partial charge in [-0.2, -0.15) is 4.31 Å². The Balaban J connectivity index is 1.36. The van der Waals surface area contributed by atoms with Gasteiger partial charge in [-0.15, -0.1) is 22.7 Å². The summed E-state index contributed by atoms with van der Waals surface area (Å²) in [7, 11) is -7.16. The summed E-state index contributed by atoms with van der Waals surface area (Å²) in [6.07, 6.45) is 1.87. The van der Waals surface area contributed by atoms with E-state index in [0.717, 1.165) is 16.8 Å². The van der Waals surface area contributed by atoms with Gasteiger partial charge in [0.2, 0.25) is 15.9 Å². The first-order valence-electron chi connectivity index (χ1n) is 9.75.